The second kappa shape index (κ2) is 8.84. The van der Waals surface area contributed by atoms with Gasteiger partial charge in [0.15, 0.2) is 23.1 Å². The van der Waals surface area contributed by atoms with Gasteiger partial charge in [-0.1, -0.05) is 26.7 Å². The molecule has 0 amide bonds. The van der Waals surface area contributed by atoms with Crippen LogP contribution in [0.5, 0.6) is 11.5 Å². The summed E-state index contributed by atoms with van der Waals surface area (Å²) in [5.74, 6) is -3.15. The first-order chi connectivity index (χ1) is 10.6. The summed E-state index contributed by atoms with van der Waals surface area (Å²) in [7, 11) is 0. The first kappa shape index (κ1) is 17.7. The van der Waals surface area contributed by atoms with Crippen molar-refractivity contribution in [1.29, 1.82) is 10.5 Å². The molecule has 0 aliphatic carbocycles. The summed E-state index contributed by atoms with van der Waals surface area (Å²) in [5, 5.41) is 18.1. The average Bonchev–Trinajstić information content (AvgIpc) is 2.52. The number of halogens is 2. The van der Waals surface area contributed by atoms with E-state index in [1.165, 1.54) is 0 Å². The minimum absolute atomic E-state index is 0.141. The maximum atomic E-state index is 14.4. The second-order valence-corrected chi connectivity index (χ2v) is 4.66. The fourth-order valence-electron chi connectivity index (χ4n) is 1.75. The van der Waals surface area contributed by atoms with Gasteiger partial charge in [-0.15, -0.1) is 0 Å². The van der Waals surface area contributed by atoms with Gasteiger partial charge in [0.1, 0.15) is 23.3 Å². The highest BCUT2D eigenvalue weighted by Crippen LogP contribution is 2.36. The van der Waals surface area contributed by atoms with Crippen molar-refractivity contribution in [2.75, 3.05) is 13.2 Å². The van der Waals surface area contributed by atoms with E-state index >= 15 is 0 Å². The Bertz CT molecular complexity index is 550. The highest BCUT2D eigenvalue weighted by Gasteiger charge is 2.27. The lowest BCUT2D eigenvalue weighted by molar-refractivity contribution is 0.274. The minimum atomic E-state index is -1.05. The largest absolute Gasteiger partial charge is 0.489 e. The van der Waals surface area contributed by atoms with Gasteiger partial charge in [0.25, 0.3) is 0 Å². The number of nitrogens with zero attached hydrogens (tertiary/aromatic N) is 2. The molecule has 22 heavy (non-hydrogen) atoms. The highest BCUT2D eigenvalue weighted by atomic mass is 19.1. The number of nitriles is 2. The van der Waals surface area contributed by atoms with Gasteiger partial charge >= 0.3 is 0 Å². The number of unbranched alkanes of at least 4 members (excludes halogenated alkanes) is 2. The van der Waals surface area contributed by atoms with Crippen LogP contribution in [-0.4, -0.2) is 13.2 Å². The quantitative estimate of drug-likeness (QED) is 0.679. The van der Waals surface area contributed by atoms with Gasteiger partial charge in [0, 0.05) is 0 Å². The zero-order valence-electron chi connectivity index (χ0n) is 12.7. The van der Waals surface area contributed by atoms with E-state index in [0.717, 1.165) is 12.8 Å². The van der Waals surface area contributed by atoms with Gasteiger partial charge in [-0.25, -0.2) is 8.78 Å². The van der Waals surface area contributed by atoms with E-state index in [-0.39, 0.29) is 13.2 Å². The molecule has 0 spiro atoms. The van der Waals surface area contributed by atoms with E-state index in [2.05, 4.69) is 0 Å². The van der Waals surface area contributed by atoms with Crippen LogP contribution in [0.3, 0.4) is 0 Å². The molecule has 1 aromatic rings. The molecule has 0 heterocycles. The molecule has 0 N–H and O–H groups in total. The third-order valence-electron chi connectivity index (χ3n) is 3.00. The summed E-state index contributed by atoms with van der Waals surface area (Å²) >= 11 is 0. The molecule has 1 rings (SSSR count). The van der Waals surface area contributed by atoms with E-state index < -0.39 is 34.3 Å². The lowest BCUT2D eigenvalue weighted by Gasteiger charge is -2.14. The summed E-state index contributed by atoms with van der Waals surface area (Å²) in [6.45, 7) is 4.11. The van der Waals surface area contributed by atoms with Crippen molar-refractivity contribution in [3.05, 3.63) is 22.8 Å². The molecule has 0 bridgehead atoms. The van der Waals surface area contributed by atoms with Crippen LogP contribution < -0.4 is 9.47 Å². The molecule has 0 saturated heterocycles. The Hall–Kier alpha value is -2.34. The van der Waals surface area contributed by atoms with Gasteiger partial charge in [-0.3, -0.25) is 0 Å². The zero-order valence-corrected chi connectivity index (χ0v) is 12.7. The smallest absolute Gasteiger partial charge is 0.188 e. The number of rotatable bonds is 8. The van der Waals surface area contributed by atoms with Crippen molar-refractivity contribution in [3.8, 4) is 23.6 Å². The van der Waals surface area contributed by atoms with Crippen molar-refractivity contribution < 1.29 is 18.3 Å². The molecule has 0 radical (unpaired) electrons. The lowest BCUT2D eigenvalue weighted by Crippen LogP contribution is -2.09. The fraction of sp³-hybridized carbons (Fsp3) is 0.500. The van der Waals surface area contributed by atoms with Crippen LogP contribution in [0, 0.1) is 34.3 Å². The van der Waals surface area contributed by atoms with Crippen molar-refractivity contribution in [2.24, 2.45) is 0 Å². The average molecular weight is 308 g/mol. The number of benzene rings is 1. The maximum absolute atomic E-state index is 14.4. The van der Waals surface area contributed by atoms with Crippen molar-refractivity contribution in [3.63, 3.8) is 0 Å². The predicted octanol–water partition coefficient (Wildman–Crippen LogP) is 4.07. The highest BCUT2D eigenvalue weighted by molar-refractivity contribution is 5.58. The first-order valence-corrected chi connectivity index (χ1v) is 7.22. The Morgan fingerprint density at radius 1 is 0.818 bits per heavy atom. The Morgan fingerprint density at radius 2 is 1.18 bits per heavy atom. The topological polar surface area (TPSA) is 66.0 Å². The van der Waals surface area contributed by atoms with Crippen LogP contribution in [0.1, 0.15) is 50.7 Å². The Balaban J connectivity index is 3.29. The van der Waals surface area contributed by atoms with E-state index in [0.29, 0.717) is 12.8 Å². The Kier molecular flexibility index (Phi) is 7.12. The van der Waals surface area contributed by atoms with E-state index in [9.17, 15) is 8.78 Å². The Labute approximate surface area is 128 Å². The molecule has 4 nitrogen and oxygen atoms in total. The van der Waals surface area contributed by atoms with Gasteiger partial charge in [-0.2, -0.15) is 10.5 Å². The molecule has 1 aromatic carbocycles. The molecule has 0 atom stereocenters. The molecule has 0 aromatic heterocycles. The van der Waals surface area contributed by atoms with E-state index in [4.69, 9.17) is 20.0 Å². The van der Waals surface area contributed by atoms with Crippen LogP contribution >= 0.6 is 0 Å². The van der Waals surface area contributed by atoms with Crippen LogP contribution in [-0.2, 0) is 0 Å². The monoisotopic (exact) mass is 308 g/mol. The minimum Gasteiger partial charge on any atom is -0.489 e. The van der Waals surface area contributed by atoms with E-state index in [1.807, 2.05) is 13.8 Å². The fourth-order valence-corrected chi connectivity index (χ4v) is 1.75. The number of hydrogen-bond donors (Lipinski definition) is 0. The summed E-state index contributed by atoms with van der Waals surface area (Å²) in [4.78, 5) is 0. The number of ether oxygens (including phenoxy) is 2. The third-order valence-corrected chi connectivity index (χ3v) is 3.00. The van der Waals surface area contributed by atoms with Gasteiger partial charge in [-0.05, 0) is 12.8 Å². The summed E-state index contributed by atoms with van der Waals surface area (Å²) in [6.07, 6.45) is 2.86. The molecular formula is C16H18F2N2O2. The summed E-state index contributed by atoms with van der Waals surface area (Å²) in [5.41, 5.74) is -1.14. The SMILES string of the molecule is CCCCOc1c(F)c(C#N)c(OCCCC)c(F)c1C#N. The van der Waals surface area contributed by atoms with Crippen molar-refractivity contribution in [2.45, 2.75) is 39.5 Å². The predicted molar refractivity (Wildman–Crippen MR) is 76.6 cm³/mol. The van der Waals surface area contributed by atoms with Crippen LogP contribution in [0.4, 0.5) is 8.78 Å². The van der Waals surface area contributed by atoms with Crippen LogP contribution in [0.25, 0.3) is 0 Å². The second-order valence-electron chi connectivity index (χ2n) is 4.66. The van der Waals surface area contributed by atoms with Crippen molar-refractivity contribution in [1.82, 2.24) is 0 Å². The summed E-state index contributed by atoms with van der Waals surface area (Å²) < 4.78 is 39.0. The van der Waals surface area contributed by atoms with Gasteiger partial charge < -0.3 is 9.47 Å². The maximum Gasteiger partial charge on any atom is 0.188 e. The zero-order chi connectivity index (χ0) is 16.5. The van der Waals surface area contributed by atoms with Gasteiger partial charge in [0.05, 0.1) is 13.2 Å². The third kappa shape index (κ3) is 3.85. The lowest BCUT2D eigenvalue weighted by atomic mass is 10.1. The molecule has 0 aliphatic rings. The standard InChI is InChI=1S/C16H18F2N2O2/c1-3-5-7-21-15-11(9-19)14(18)16(22-8-6-4-2)12(10-20)13(15)17/h3-8H2,1-2H3. The van der Waals surface area contributed by atoms with Crippen LogP contribution in [0.2, 0.25) is 0 Å². The molecule has 0 fully saturated rings. The molecule has 118 valence electrons. The molecule has 0 saturated carbocycles. The molecule has 0 unspecified atom stereocenters. The first-order valence-electron chi connectivity index (χ1n) is 7.22. The van der Waals surface area contributed by atoms with E-state index in [1.54, 1.807) is 12.1 Å². The number of hydrogen-bond acceptors (Lipinski definition) is 4. The van der Waals surface area contributed by atoms with Crippen LogP contribution in [0.15, 0.2) is 0 Å². The molecule has 6 heteroatoms. The molecular weight excluding hydrogens is 290 g/mol. The Morgan fingerprint density at radius 3 is 1.45 bits per heavy atom. The molecule has 0 aliphatic heterocycles. The normalized spacial score (nSPS) is 9.91. The van der Waals surface area contributed by atoms with Crippen molar-refractivity contribution >= 4 is 0 Å². The van der Waals surface area contributed by atoms with Gasteiger partial charge in [0.2, 0.25) is 0 Å². The summed E-state index contributed by atoms with van der Waals surface area (Å²) in [6, 6.07) is 3.17.